The number of amides is 1. The van der Waals surface area contributed by atoms with Crippen LogP contribution >= 0.6 is 0 Å². The molecule has 0 bridgehead atoms. The highest BCUT2D eigenvalue weighted by atomic mass is 16.4. The summed E-state index contributed by atoms with van der Waals surface area (Å²) in [6, 6.07) is 22.0. The predicted octanol–water partition coefficient (Wildman–Crippen LogP) is 4.69. The van der Waals surface area contributed by atoms with Gasteiger partial charge in [-0.15, -0.1) is 10.2 Å². The number of carboxylic acid groups (broad SMARTS) is 1. The van der Waals surface area contributed by atoms with E-state index in [-0.39, 0.29) is 6.54 Å². The Morgan fingerprint density at radius 3 is 2.52 bits per heavy atom. The number of benzene rings is 2. The fourth-order valence-corrected chi connectivity index (χ4v) is 3.73. The Hall–Kier alpha value is -4.26. The number of hydrogen-bond donors (Lipinski definition) is 2. The maximum absolute atomic E-state index is 10.7. The van der Waals surface area contributed by atoms with Gasteiger partial charge in [0.05, 0.1) is 11.2 Å². The first-order valence-electron chi connectivity index (χ1n) is 9.87. The number of nitrogens with zero attached hydrogens (tertiary/aromatic N) is 4. The van der Waals surface area contributed by atoms with Gasteiger partial charge in [0.1, 0.15) is 5.82 Å². The molecule has 31 heavy (non-hydrogen) atoms. The van der Waals surface area contributed by atoms with Crippen LogP contribution in [0.3, 0.4) is 0 Å². The minimum Gasteiger partial charge on any atom is -0.465 e. The molecule has 5 rings (SSSR count). The molecule has 2 aromatic carbocycles. The van der Waals surface area contributed by atoms with Gasteiger partial charge in [0, 0.05) is 29.3 Å². The van der Waals surface area contributed by atoms with E-state index in [2.05, 4.69) is 33.7 Å². The van der Waals surface area contributed by atoms with Crippen molar-refractivity contribution in [3.63, 3.8) is 0 Å². The number of aryl methyl sites for hydroxylation is 1. The van der Waals surface area contributed by atoms with Gasteiger partial charge >= 0.3 is 6.09 Å². The Labute approximate surface area is 178 Å². The molecule has 0 aliphatic carbocycles. The van der Waals surface area contributed by atoms with Gasteiger partial charge in [0.15, 0.2) is 5.65 Å². The summed E-state index contributed by atoms with van der Waals surface area (Å²) in [5, 5.41) is 20.7. The summed E-state index contributed by atoms with van der Waals surface area (Å²) in [6.45, 7) is 2.18. The number of aromatic nitrogens is 4. The molecule has 0 aliphatic rings. The zero-order valence-corrected chi connectivity index (χ0v) is 16.8. The zero-order valence-electron chi connectivity index (χ0n) is 16.8. The van der Waals surface area contributed by atoms with Crippen molar-refractivity contribution in [1.82, 2.24) is 24.9 Å². The molecule has 7 heteroatoms. The van der Waals surface area contributed by atoms with Crippen molar-refractivity contribution in [2.75, 3.05) is 0 Å². The lowest BCUT2D eigenvalue weighted by Gasteiger charge is -2.13. The van der Waals surface area contributed by atoms with Crippen molar-refractivity contribution in [2.24, 2.45) is 0 Å². The van der Waals surface area contributed by atoms with Crippen LogP contribution in [0.25, 0.3) is 38.9 Å². The third-order valence-corrected chi connectivity index (χ3v) is 5.30. The summed E-state index contributed by atoms with van der Waals surface area (Å²) >= 11 is 0. The lowest BCUT2D eigenvalue weighted by molar-refractivity contribution is 0.194. The summed E-state index contributed by atoms with van der Waals surface area (Å²) in [5.41, 5.74) is 6.37. The number of hydrogen-bond acceptors (Lipinski definition) is 4. The van der Waals surface area contributed by atoms with Crippen LogP contribution < -0.4 is 5.32 Å². The molecule has 0 radical (unpaired) electrons. The third-order valence-electron chi connectivity index (χ3n) is 5.30. The number of nitrogens with one attached hydrogen (secondary N) is 1. The highest BCUT2D eigenvalue weighted by molar-refractivity contribution is 5.98. The lowest BCUT2D eigenvalue weighted by Crippen LogP contribution is -2.19. The van der Waals surface area contributed by atoms with E-state index in [1.807, 2.05) is 66.1 Å². The molecule has 3 heterocycles. The second-order valence-electron chi connectivity index (χ2n) is 7.30. The molecule has 0 spiro atoms. The Balaban J connectivity index is 1.69. The molecular weight excluding hydrogens is 390 g/mol. The largest absolute Gasteiger partial charge is 0.465 e. The van der Waals surface area contributed by atoms with E-state index in [1.54, 1.807) is 0 Å². The maximum Gasteiger partial charge on any atom is 0.404 e. The van der Waals surface area contributed by atoms with Gasteiger partial charge < -0.3 is 10.4 Å². The molecule has 1 amide bonds. The number of carbonyl (C=O) groups is 1. The van der Waals surface area contributed by atoms with Crippen LogP contribution in [0.4, 0.5) is 4.79 Å². The average Bonchev–Trinajstić information content (AvgIpc) is 3.19. The highest BCUT2D eigenvalue weighted by Gasteiger charge is 2.15. The van der Waals surface area contributed by atoms with Crippen molar-refractivity contribution in [2.45, 2.75) is 13.5 Å². The molecule has 0 saturated heterocycles. The van der Waals surface area contributed by atoms with Crippen LogP contribution in [0, 0.1) is 6.92 Å². The van der Waals surface area contributed by atoms with Crippen molar-refractivity contribution in [3.8, 4) is 22.4 Å². The number of pyridine rings is 2. The van der Waals surface area contributed by atoms with Crippen molar-refractivity contribution >= 4 is 22.6 Å². The third kappa shape index (κ3) is 3.46. The van der Waals surface area contributed by atoms with E-state index in [1.165, 1.54) is 0 Å². The highest BCUT2D eigenvalue weighted by Crippen LogP contribution is 2.34. The fourth-order valence-electron chi connectivity index (χ4n) is 3.73. The molecule has 152 valence electrons. The summed E-state index contributed by atoms with van der Waals surface area (Å²) in [4.78, 5) is 15.7. The van der Waals surface area contributed by atoms with Crippen LogP contribution in [0.15, 0.2) is 72.9 Å². The molecule has 0 fully saturated rings. The standard InChI is InChI=1S/C24H19N5O2/c1-15-27-28-23-20-13-19(17-5-3-2-4-6-17)22(26-21(20)11-12-29(15)23)18-9-7-16(8-10-18)14-25-24(30)31/h2-13,25H,14H2,1H3,(H,30,31). The second kappa shape index (κ2) is 7.53. The minimum absolute atomic E-state index is 0.260. The zero-order chi connectivity index (χ0) is 21.4. The van der Waals surface area contributed by atoms with E-state index in [4.69, 9.17) is 10.1 Å². The second-order valence-corrected chi connectivity index (χ2v) is 7.30. The van der Waals surface area contributed by atoms with E-state index in [0.29, 0.717) is 0 Å². The predicted molar refractivity (Wildman–Crippen MR) is 119 cm³/mol. The van der Waals surface area contributed by atoms with Crippen molar-refractivity contribution in [1.29, 1.82) is 0 Å². The molecule has 0 unspecified atom stereocenters. The topological polar surface area (TPSA) is 92.4 Å². The quantitative estimate of drug-likeness (QED) is 0.449. The Bertz CT molecular complexity index is 1410. The van der Waals surface area contributed by atoms with Gasteiger partial charge in [-0.1, -0.05) is 54.6 Å². The number of fused-ring (bicyclic) bond motifs is 3. The molecular formula is C24H19N5O2. The first-order chi connectivity index (χ1) is 15.1. The van der Waals surface area contributed by atoms with Gasteiger partial charge in [-0.3, -0.25) is 4.40 Å². The first kappa shape index (κ1) is 18.7. The van der Waals surface area contributed by atoms with E-state index in [9.17, 15) is 4.79 Å². The molecule has 0 saturated carbocycles. The smallest absolute Gasteiger partial charge is 0.404 e. The van der Waals surface area contributed by atoms with Crippen LogP contribution in [0.5, 0.6) is 0 Å². The maximum atomic E-state index is 10.7. The monoisotopic (exact) mass is 409 g/mol. The van der Waals surface area contributed by atoms with Gasteiger partial charge in [-0.2, -0.15) is 0 Å². The Morgan fingerprint density at radius 2 is 1.77 bits per heavy atom. The molecule has 0 atom stereocenters. The van der Waals surface area contributed by atoms with Crippen LogP contribution in [0.2, 0.25) is 0 Å². The van der Waals surface area contributed by atoms with E-state index < -0.39 is 6.09 Å². The summed E-state index contributed by atoms with van der Waals surface area (Å²) in [7, 11) is 0. The van der Waals surface area contributed by atoms with Crippen LogP contribution in [-0.4, -0.2) is 30.8 Å². The van der Waals surface area contributed by atoms with Gasteiger partial charge in [-0.25, -0.2) is 9.78 Å². The van der Waals surface area contributed by atoms with E-state index >= 15 is 0 Å². The minimum atomic E-state index is -1.04. The first-order valence-corrected chi connectivity index (χ1v) is 9.87. The van der Waals surface area contributed by atoms with Crippen molar-refractivity contribution < 1.29 is 9.90 Å². The Morgan fingerprint density at radius 1 is 1.00 bits per heavy atom. The van der Waals surface area contributed by atoms with Crippen LogP contribution in [-0.2, 0) is 6.54 Å². The molecule has 7 nitrogen and oxygen atoms in total. The van der Waals surface area contributed by atoms with Crippen LogP contribution in [0.1, 0.15) is 11.4 Å². The average molecular weight is 409 g/mol. The summed E-state index contributed by atoms with van der Waals surface area (Å²) < 4.78 is 1.96. The molecule has 2 N–H and O–H groups in total. The van der Waals surface area contributed by atoms with Gasteiger partial charge in [0.25, 0.3) is 0 Å². The molecule has 3 aromatic heterocycles. The normalized spacial score (nSPS) is 11.1. The van der Waals surface area contributed by atoms with E-state index in [0.717, 1.165) is 50.3 Å². The molecule has 5 aromatic rings. The Kier molecular flexibility index (Phi) is 4.55. The van der Waals surface area contributed by atoms with Gasteiger partial charge in [-0.05, 0) is 30.2 Å². The number of rotatable bonds is 4. The fraction of sp³-hybridized carbons (Fsp3) is 0.0833. The lowest BCUT2D eigenvalue weighted by atomic mass is 9.97. The summed E-state index contributed by atoms with van der Waals surface area (Å²) in [5.74, 6) is 0.827. The van der Waals surface area contributed by atoms with Crippen molar-refractivity contribution in [3.05, 3.63) is 84.3 Å². The summed E-state index contributed by atoms with van der Waals surface area (Å²) in [6.07, 6.45) is 0.897. The SMILES string of the molecule is Cc1nnc2c3cc(-c4ccccc4)c(-c4ccc(CNC(=O)O)cc4)nc3ccn12. The van der Waals surface area contributed by atoms with Gasteiger partial charge in [0.2, 0.25) is 0 Å². The molecule has 0 aliphatic heterocycles.